The van der Waals surface area contributed by atoms with E-state index in [0.717, 1.165) is 110 Å². The molecule has 5 aromatic carbocycles. The van der Waals surface area contributed by atoms with Crippen molar-refractivity contribution in [2.24, 2.45) is 16.2 Å². The van der Waals surface area contributed by atoms with Gasteiger partial charge >= 0.3 is 0 Å². The fourth-order valence-corrected chi connectivity index (χ4v) is 13.3. The maximum Gasteiger partial charge on any atom is 0.251 e. The Morgan fingerprint density at radius 3 is 1.06 bits per heavy atom. The number of hydrogen-bond donors (Lipinski definition) is 3. The van der Waals surface area contributed by atoms with E-state index in [1.54, 1.807) is 24.3 Å². The second kappa shape index (κ2) is 16.4. The third-order valence-electron chi connectivity index (χ3n) is 18.1. The van der Waals surface area contributed by atoms with Crippen LogP contribution in [0.5, 0.6) is 46.0 Å². The van der Waals surface area contributed by atoms with E-state index in [1.807, 2.05) is 54.6 Å². The van der Waals surface area contributed by atoms with E-state index in [9.17, 15) is 8.76 Å². The summed E-state index contributed by atoms with van der Waals surface area (Å²) in [7, 11) is 0. The van der Waals surface area contributed by atoms with Crippen molar-refractivity contribution in [3.63, 3.8) is 0 Å². The maximum absolute atomic E-state index is 11.8. The summed E-state index contributed by atoms with van der Waals surface area (Å²) in [5, 5.41) is 2.99. The van der Waals surface area contributed by atoms with Gasteiger partial charge in [0.2, 0.25) is 0 Å². The highest BCUT2D eigenvalue weighted by Gasteiger charge is 2.50. The van der Waals surface area contributed by atoms with Crippen LogP contribution in [0, 0.1) is 16.2 Å². The lowest BCUT2D eigenvalue weighted by molar-refractivity contribution is -0.123. The van der Waals surface area contributed by atoms with E-state index in [0.29, 0.717) is 103 Å². The molecule has 8 bridgehead atoms. The van der Waals surface area contributed by atoms with Gasteiger partial charge in [-0.1, -0.05) is 41.5 Å². The predicted molar refractivity (Wildman–Crippen MR) is 300 cm³/mol. The minimum absolute atomic E-state index is 0.190. The molecule has 3 N–H and O–H groups in total. The number of ether oxygens (including phenoxy) is 7. The molecular formula is C62H58N8O9S. The summed E-state index contributed by atoms with van der Waals surface area (Å²) in [5.74, 6) is 4.13. The first-order chi connectivity index (χ1) is 38.3. The topological polar surface area (TPSA) is 211 Å². The molecule has 0 amide bonds. The molecule has 16 rings (SSSR count). The zero-order valence-corrected chi connectivity index (χ0v) is 46.1. The largest absolute Gasteiger partial charge is 0.457 e. The van der Waals surface area contributed by atoms with Crippen molar-refractivity contribution in [1.29, 1.82) is 0 Å². The molecule has 0 radical (unpaired) electrons. The summed E-state index contributed by atoms with van der Waals surface area (Å²) in [5.41, 5.74) is 5.40. The molecule has 5 aliphatic heterocycles. The van der Waals surface area contributed by atoms with Crippen LogP contribution in [0.4, 0.5) is 0 Å². The van der Waals surface area contributed by atoms with Crippen molar-refractivity contribution in [2.75, 3.05) is 0 Å². The fourth-order valence-electron chi connectivity index (χ4n) is 12.9. The van der Waals surface area contributed by atoms with Crippen molar-refractivity contribution in [2.45, 2.75) is 141 Å². The van der Waals surface area contributed by atoms with Crippen molar-refractivity contribution < 1.29 is 41.9 Å². The molecular weight excluding hydrogens is 1030 g/mol. The Morgan fingerprint density at radius 1 is 0.400 bits per heavy atom. The third kappa shape index (κ3) is 7.82. The zero-order chi connectivity index (χ0) is 54.3. The first-order valence-electron chi connectivity index (χ1n) is 27.9. The Balaban J connectivity index is 0.929. The Hall–Kier alpha value is -7.83. The van der Waals surface area contributed by atoms with Gasteiger partial charge in [0, 0.05) is 82.3 Å². The van der Waals surface area contributed by atoms with E-state index < -0.39 is 28.4 Å². The summed E-state index contributed by atoms with van der Waals surface area (Å²) < 4.78 is 68.8. The molecule has 8 aliphatic rings. The van der Waals surface area contributed by atoms with E-state index >= 15 is 0 Å². The number of fused-ring (bicyclic) bond motifs is 23. The lowest BCUT2D eigenvalue weighted by atomic mass is 9.75. The minimum atomic E-state index is -2.13. The van der Waals surface area contributed by atoms with Gasteiger partial charge < -0.3 is 47.7 Å². The molecule has 1 unspecified atom stereocenters. The lowest BCUT2D eigenvalue weighted by Gasteiger charge is -2.39. The van der Waals surface area contributed by atoms with Gasteiger partial charge in [-0.2, -0.15) is 0 Å². The van der Waals surface area contributed by atoms with Crippen LogP contribution in [0.1, 0.15) is 119 Å². The van der Waals surface area contributed by atoms with Crippen LogP contribution in [0.2, 0.25) is 0 Å². The van der Waals surface area contributed by atoms with Crippen molar-refractivity contribution in [3.8, 4) is 91.5 Å². The first-order valence-corrected chi connectivity index (χ1v) is 29.0. The van der Waals surface area contributed by atoms with Gasteiger partial charge in [-0.05, 0) is 134 Å². The molecule has 3 saturated carbocycles. The van der Waals surface area contributed by atoms with Gasteiger partial charge in [-0.3, -0.25) is 0 Å². The number of aromatic amines is 2. The molecule has 1 atom stereocenters. The van der Waals surface area contributed by atoms with Crippen LogP contribution in [-0.2, 0) is 11.1 Å². The molecule has 3 fully saturated rings. The summed E-state index contributed by atoms with van der Waals surface area (Å²) in [6.45, 7) is 13.8. The molecule has 8 heterocycles. The van der Waals surface area contributed by atoms with Gasteiger partial charge in [0.15, 0.2) is 68.9 Å². The highest BCUT2D eigenvalue weighted by molar-refractivity contribution is 7.79. The first kappa shape index (κ1) is 48.1. The van der Waals surface area contributed by atoms with Crippen molar-refractivity contribution >= 4 is 55.2 Å². The van der Waals surface area contributed by atoms with E-state index in [-0.39, 0.29) is 21.1 Å². The summed E-state index contributed by atoms with van der Waals surface area (Å²) >= 11 is -2.13. The van der Waals surface area contributed by atoms with Crippen molar-refractivity contribution in [1.82, 2.24) is 39.9 Å². The number of rotatable bonds is 3. The van der Waals surface area contributed by atoms with E-state index in [4.69, 9.17) is 63.1 Å². The third-order valence-corrected chi connectivity index (χ3v) is 18.8. The van der Waals surface area contributed by atoms with Gasteiger partial charge in [0.05, 0.1) is 4.90 Å². The molecule has 8 aromatic rings. The standard InChI is InChI=1S/C62H58N8O9S/c1-57(2)13-19-60(20-14-57)74-43-26-37-38(27-44(43)75-60)53-66-51(37)64-49-35-12-9-33(73-32-7-10-34(11-8-32)80(71)72)25-36(35)50(63-49)65-52-39-28-45-46(77-61(76-45)21-15-58(3,4)16-22-61)29-40(39)54(67-52)69-56-42-31-48-47(30-41(42)55(68-53)70-56)78-62(79-48)23-17-59(5,6)18-24-62/h7-12,25-31H,13-24H2,1-6H3,(H,71,72)(H2,63,64,65,66,67,68,69,70). The van der Waals surface area contributed by atoms with Crippen LogP contribution in [-0.4, -0.2) is 66.0 Å². The molecule has 0 saturated heterocycles. The van der Waals surface area contributed by atoms with Crippen LogP contribution >= 0.6 is 0 Å². The summed E-state index contributed by atoms with van der Waals surface area (Å²) in [6.07, 6.45) is 10.4. The normalized spacial score (nSPS) is 20.8. The van der Waals surface area contributed by atoms with Crippen LogP contribution in [0.25, 0.3) is 89.7 Å². The fraction of sp³-hybridized carbons (Fsp3) is 0.387. The van der Waals surface area contributed by atoms with Gasteiger partial charge in [-0.15, -0.1) is 0 Å². The average molecular weight is 1090 g/mol. The second-order valence-electron chi connectivity index (χ2n) is 25.5. The molecule has 406 valence electrons. The molecule has 18 heteroatoms. The maximum atomic E-state index is 11.8. The van der Waals surface area contributed by atoms with Gasteiger partial charge in [-0.25, -0.2) is 34.1 Å². The minimum Gasteiger partial charge on any atom is -0.457 e. The molecule has 3 aliphatic carbocycles. The number of H-pyrrole nitrogens is 2. The lowest BCUT2D eigenvalue weighted by Crippen LogP contribution is -2.44. The van der Waals surface area contributed by atoms with Crippen molar-refractivity contribution in [3.05, 3.63) is 78.9 Å². The Morgan fingerprint density at radius 2 is 0.713 bits per heavy atom. The van der Waals surface area contributed by atoms with Crippen LogP contribution in [0.15, 0.2) is 83.8 Å². The molecule has 80 heavy (non-hydrogen) atoms. The predicted octanol–water partition coefficient (Wildman–Crippen LogP) is 14.4. The Labute approximate surface area is 462 Å². The smallest absolute Gasteiger partial charge is 0.251 e. The monoisotopic (exact) mass is 1090 g/mol. The summed E-state index contributed by atoms with van der Waals surface area (Å²) in [4.78, 5) is 39.5. The van der Waals surface area contributed by atoms with E-state index in [1.165, 1.54) is 0 Å². The molecule has 3 aromatic heterocycles. The average Bonchev–Trinajstić information content (AvgIpc) is 4.35. The SMILES string of the molecule is CC1(C)CCC2(CC1)Oc1cc3c(cc1O2)-c1nc-3nc2[nH]c(nc3nc(nc4[nH]c(n1)c1cc5c(cc41)OC1(CCC(C)(C)CC1)O5)-c1cc(Oc4ccc(S(=O)O)cc4)ccc1-3)c1cc3c(cc21)OC1(CCC(C)(C)CC1)O3. The quantitative estimate of drug-likeness (QED) is 0.140. The Bertz CT molecular complexity index is 4210. The van der Waals surface area contributed by atoms with Crippen LogP contribution in [0.3, 0.4) is 0 Å². The molecule has 17 nitrogen and oxygen atoms in total. The number of nitrogens with zero attached hydrogens (tertiary/aromatic N) is 6. The second-order valence-corrected chi connectivity index (χ2v) is 26.5. The highest BCUT2D eigenvalue weighted by Crippen LogP contribution is 2.56. The van der Waals surface area contributed by atoms with Gasteiger partial charge in [0.1, 0.15) is 34.1 Å². The number of benzene rings is 5. The zero-order valence-electron chi connectivity index (χ0n) is 45.3. The van der Waals surface area contributed by atoms with Crippen LogP contribution < -0.4 is 33.2 Å². The number of aromatic nitrogens is 8. The number of nitrogens with one attached hydrogen (secondary N) is 2. The molecule has 3 spiro atoms. The Kier molecular flexibility index (Phi) is 9.86. The van der Waals surface area contributed by atoms with Gasteiger partial charge in [0.25, 0.3) is 17.4 Å². The summed E-state index contributed by atoms with van der Waals surface area (Å²) in [6, 6.07) is 24.1. The van der Waals surface area contributed by atoms with E-state index in [2.05, 4.69) is 51.5 Å². The number of hydrogen-bond acceptors (Lipinski definition) is 14. The highest BCUT2D eigenvalue weighted by atomic mass is 32.2.